The number of para-hydroxylation sites is 1. The van der Waals surface area contributed by atoms with Crippen LogP contribution < -0.4 is 0 Å². The standard InChI is InChI=1S/C28H37N3O2/c1-33-14-13-30-18-22(24-8-2-3-10-26(24)30)17-27(32)31-12-6-7-20-15-21-16-23(28(20)31)19-29-11-5-4-9-25(21)29/h2-3,8,10,15,18,21,23,25,28H,4-7,9,11-14,16-17,19H2,1H3/t21-,23-,25+,28-/m0/s1. The van der Waals surface area contributed by atoms with E-state index >= 15 is 0 Å². The fourth-order valence-electron chi connectivity index (χ4n) is 7.36. The predicted molar refractivity (Wildman–Crippen MR) is 131 cm³/mol. The number of amides is 1. The molecule has 6 rings (SSSR count). The Balaban J connectivity index is 1.26. The lowest BCUT2D eigenvalue weighted by molar-refractivity contribution is -0.135. The minimum atomic E-state index is 0.305. The Morgan fingerprint density at radius 3 is 2.97 bits per heavy atom. The van der Waals surface area contributed by atoms with Crippen LogP contribution in [0.5, 0.6) is 0 Å². The van der Waals surface area contributed by atoms with E-state index in [-0.39, 0.29) is 0 Å². The molecule has 5 heteroatoms. The molecule has 0 unspecified atom stereocenters. The van der Waals surface area contributed by atoms with Gasteiger partial charge in [0.2, 0.25) is 5.91 Å². The van der Waals surface area contributed by atoms with Crippen molar-refractivity contribution in [3.05, 3.63) is 47.7 Å². The largest absolute Gasteiger partial charge is 0.383 e. The van der Waals surface area contributed by atoms with E-state index in [1.807, 2.05) is 0 Å². The summed E-state index contributed by atoms with van der Waals surface area (Å²) in [5.74, 6) is 1.63. The lowest BCUT2D eigenvalue weighted by Crippen LogP contribution is -2.60. The Morgan fingerprint density at radius 1 is 1.15 bits per heavy atom. The Kier molecular flexibility index (Phi) is 5.79. The third-order valence-corrected chi connectivity index (χ3v) is 8.73. The van der Waals surface area contributed by atoms with Crippen LogP contribution in [-0.2, 0) is 22.5 Å². The van der Waals surface area contributed by atoms with Crippen molar-refractivity contribution in [1.82, 2.24) is 14.4 Å². The molecule has 176 valence electrons. The normalized spacial score (nSPS) is 29.5. The molecule has 33 heavy (non-hydrogen) atoms. The number of methoxy groups -OCH3 is 1. The maximum atomic E-state index is 13.8. The second-order valence-electron chi connectivity index (χ2n) is 10.6. The van der Waals surface area contributed by atoms with E-state index in [2.05, 4.69) is 50.9 Å². The van der Waals surface area contributed by atoms with Crippen molar-refractivity contribution in [3.8, 4) is 0 Å². The smallest absolute Gasteiger partial charge is 0.227 e. The molecule has 0 spiro atoms. The average Bonchev–Trinajstić information content (AvgIpc) is 3.19. The van der Waals surface area contributed by atoms with Gasteiger partial charge >= 0.3 is 0 Å². The summed E-state index contributed by atoms with van der Waals surface area (Å²) < 4.78 is 7.55. The Bertz CT molecular complexity index is 1060. The Hall–Kier alpha value is -2.11. The number of benzene rings is 1. The highest BCUT2D eigenvalue weighted by atomic mass is 16.5. The SMILES string of the molecule is COCCn1cc(CC(=O)N2CCCC3=C[C@H]4C[C@@H](CN5CCCC[C@H]45)[C@H]32)c2ccccc21. The second-order valence-corrected chi connectivity index (χ2v) is 10.6. The molecule has 0 N–H and O–H groups in total. The van der Waals surface area contributed by atoms with Gasteiger partial charge in [0.25, 0.3) is 0 Å². The van der Waals surface area contributed by atoms with Gasteiger partial charge in [0.1, 0.15) is 0 Å². The van der Waals surface area contributed by atoms with Crippen LogP contribution in [0.15, 0.2) is 42.1 Å². The van der Waals surface area contributed by atoms with E-state index in [0.717, 1.165) is 31.1 Å². The number of carbonyl (C=O) groups is 1. The molecule has 2 bridgehead atoms. The zero-order chi connectivity index (χ0) is 22.4. The molecule has 3 aliphatic heterocycles. The monoisotopic (exact) mass is 447 g/mol. The summed E-state index contributed by atoms with van der Waals surface area (Å²) in [6.45, 7) is 4.83. The Labute approximate surface area is 197 Å². The number of ether oxygens (including phenoxy) is 1. The minimum Gasteiger partial charge on any atom is -0.383 e. The van der Waals surface area contributed by atoms with Gasteiger partial charge in [0.05, 0.1) is 19.1 Å². The van der Waals surface area contributed by atoms with Gasteiger partial charge in [-0.3, -0.25) is 9.69 Å². The molecule has 1 aromatic carbocycles. The number of rotatable bonds is 5. The van der Waals surface area contributed by atoms with Crippen molar-refractivity contribution in [1.29, 1.82) is 0 Å². The Morgan fingerprint density at radius 2 is 2.06 bits per heavy atom. The van der Waals surface area contributed by atoms with Gasteiger partial charge in [-0.2, -0.15) is 0 Å². The third kappa shape index (κ3) is 3.83. The molecular weight excluding hydrogens is 410 g/mol. The summed E-state index contributed by atoms with van der Waals surface area (Å²) >= 11 is 0. The number of likely N-dealkylation sites (tertiary alicyclic amines) is 1. The molecular formula is C28H37N3O2. The highest BCUT2D eigenvalue weighted by Crippen LogP contribution is 2.45. The summed E-state index contributed by atoms with van der Waals surface area (Å²) in [6.07, 6.45) is 12.9. The van der Waals surface area contributed by atoms with Gasteiger partial charge in [0, 0.05) is 49.9 Å². The highest BCUT2D eigenvalue weighted by Gasteiger charge is 2.46. The van der Waals surface area contributed by atoms with E-state index in [9.17, 15) is 4.79 Å². The van der Waals surface area contributed by atoms with Crippen molar-refractivity contribution >= 4 is 16.8 Å². The summed E-state index contributed by atoms with van der Waals surface area (Å²) in [7, 11) is 1.74. The molecule has 1 aliphatic carbocycles. The van der Waals surface area contributed by atoms with Gasteiger partial charge in [-0.05, 0) is 62.1 Å². The van der Waals surface area contributed by atoms with Crippen LogP contribution in [0.1, 0.15) is 44.1 Å². The quantitative estimate of drug-likeness (QED) is 0.643. The molecule has 1 aromatic heterocycles. The van der Waals surface area contributed by atoms with E-state index in [4.69, 9.17) is 4.74 Å². The van der Waals surface area contributed by atoms with Crippen LogP contribution >= 0.6 is 0 Å². The highest BCUT2D eigenvalue weighted by molar-refractivity contribution is 5.89. The van der Waals surface area contributed by atoms with E-state index in [1.165, 1.54) is 56.1 Å². The fraction of sp³-hybridized carbons (Fsp3) is 0.607. The molecule has 4 heterocycles. The van der Waals surface area contributed by atoms with Gasteiger partial charge in [-0.15, -0.1) is 0 Å². The minimum absolute atomic E-state index is 0.305. The van der Waals surface area contributed by atoms with Crippen LogP contribution in [0.4, 0.5) is 0 Å². The molecule has 5 nitrogen and oxygen atoms in total. The van der Waals surface area contributed by atoms with Crippen LogP contribution in [0.25, 0.3) is 10.9 Å². The molecule has 0 radical (unpaired) electrons. The van der Waals surface area contributed by atoms with E-state index < -0.39 is 0 Å². The molecule has 0 saturated carbocycles. The molecule has 2 aromatic rings. The summed E-state index contributed by atoms with van der Waals surface area (Å²) in [5.41, 5.74) is 3.92. The number of fused-ring (bicyclic) bond motifs is 7. The lowest BCUT2D eigenvalue weighted by atomic mass is 9.68. The average molecular weight is 448 g/mol. The number of nitrogens with zero attached hydrogens (tertiary/aromatic N) is 3. The zero-order valence-corrected chi connectivity index (χ0v) is 19.9. The topological polar surface area (TPSA) is 37.7 Å². The van der Waals surface area contributed by atoms with Crippen molar-refractivity contribution < 1.29 is 9.53 Å². The molecule has 4 atom stereocenters. The molecule has 1 amide bonds. The molecule has 4 aliphatic rings. The summed E-state index contributed by atoms with van der Waals surface area (Å²) in [6, 6.07) is 9.55. The summed E-state index contributed by atoms with van der Waals surface area (Å²) in [5, 5.41) is 1.20. The van der Waals surface area contributed by atoms with Crippen LogP contribution in [0.3, 0.4) is 0 Å². The third-order valence-electron chi connectivity index (χ3n) is 8.73. The summed E-state index contributed by atoms with van der Waals surface area (Å²) in [4.78, 5) is 18.8. The van der Waals surface area contributed by atoms with E-state index in [1.54, 1.807) is 12.7 Å². The maximum absolute atomic E-state index is 13.8. The molecule has 3 saturated heterocycles. The first kappa shape index (κ1) is 21.4. The first-order chi connectivity index (χ1) is 16.2. The number of hydrogen-bond acceptors (Lipinski definition) is 3. The van der Waals surface area contributed by atoms with Gasteiger partial charge in [-0.25, -0.2) is 0 Å². The second kappa shape index (κ2) is 8.92. The zero-order valence-electron chi connectivity index (χ0n) is 19.9. The fourth-order valence-corrected chi connectivity index (χ4v) is 7.36. The maximum Gasteiger partial charge on any atom is 0.227 e. The van der Waals surface area contributed by atoms with E-state index in [0.29, 0.717) is 36.8 Å². The first-order valence-electron chi connectivity index (χ1n) is 13.0. The first-order valence-corrected chi connectivity index (χ1v) is 13.0. The van der Waals surface area contributed by atoms with Crippen LogP contribution in [-0.4, -0.2) is 65.7 Å². The lowest BCUT2D eigenvalue weighted by Gasteiger charge is -2.54. The number of hydrogen-bond donors (Lipinski definition) is 0. The van der Waals surface area contributed by atoms with Crippen molar-refractivity contribution in [2.45, 2.75) is 63.6 Å². The molecule has 3 fully saturated rings. The van der Waals surface area contributed by atoms with Crippen molar-refractivity contribution in [2.24, 2.45) is 11.8 Å². The van der Waals surface area contributed by atoms with Crippen molar-refractivity contribution in [3.63, 3.8) is 0 Å². The van der Waals surface area contributed by atoms with Crippen molar-refractivity contribution in [2.75, 3.05) is 33.4 Å². The van der Waals surface area contributed by atoms with Crippen LogP contribution in [0.2, 0.25) is 0 Å². The predicted octanol–water partition coefficient (Wildman–Crippen LogP) is 4.25. The van der Waals surface area contributed by atoms with Gasteiger partial charge in [-0.1, -0.05) is 36.3 Å². The van der Waals surface area contributed by atoms with Crippen LogP contribution in [0, 0.1) is 11.8 Å². The van der Waals surface area contributed by atoms with Gasteiger partial charge < -0.3 is 14.2 Å². The number of carbonyl (C=O) groups excluding carboxylic acids is 1. The van der Waals surface area contributed by atoms with Gasteiger partial charge in [0.15, 0.2) is 0 Å². The number of piperidine rings is 3. The number of aromatic nitrogens is 1.